The summed E-state index contributed by atoms with van der Waals surface area (Å²) >= 11 is 1.53. The van der Waals surface area contributed by atoms with Gasteiger partial charge in [-0.25, -0.2) is 0 Å². The van der Waals surface area contributed by atoms with E-state index < -0.39 is 6.04 Å². The normalized spacial score (nSPS) is 18.0. The molecule has 1 aliphatic rings. The Bertz CT molecular complexity index is 876. The molecule has 0 saturated carbocycles. The molecule has 0 radical (unpaired) electrons. The molecule has 1 N–H and O–H groups in total. The Balaban J connectivity index is 1.97. The monoisotopic (exact) mass is 448 g/mol. The van der Waals surface area contributed by atoms with Crippen molar-refractivity contribution in [2.75, 3.05) is 33.6 Å². The molecule has 2 amide bonds. The van der Waals surface area contributed by atoms with E-state index in [2.05, 4.69) is 12.2 Å². The van der Waals surface area contributed by atoms with Crippen molar-refractivity contribution >= 4 is 23.6 Å². The van der Waals surface area contributed by atoms with Gasteiger partial charge in [0.15, 0.2) is 11.5 Å². The number of thioether (sulfide) groups is 1. The van der Waals surface area contributed by atoms with Crippen LogP contribution in [0.25, 0.3) is 0 Å². The van der Waals surface area contributed by atoms with Crippen LogP contribution in [0, 0.1) is 0 Å². The van der Waals surface area contributed by atoms with Crippen molar-refractivity contribution in [3.05, 3.63) is 41.9 Å². The Labute approximate surface area is 186 Å². The van der Waals surface area contributed by atoms with Gasteiger partial charge in [0.05, 0.1) is 33.9 Å². The summed E-state index contributed by atoms with van der Waals surface area (Å²) in [6.07, 6.45) is 5.03. The molecule has 9 heteroatoms. The highest BCUT2D eigenvalue weighted by Gasteiger charge is 2.43. The number of carbonyl (C=O) groups is 2. The Morgan fingerprint density at radius 2 is 1.90 bits per heavy atom. The van der Waals surface area contributed by atoms with E-state index in [9.17, 15) is 9.59 Å². The molecule has 0 spiro atoms. The quantitative estimate of drug-likeness (QED) is 0.588. The number of ether oxygens (including phenoxy) is 3. The van der Waals surface area contributed by atoms with Gasteiger partial charge < -0.3 is 28.8 Å². The number of amides is 2. The lowest BCUT2D eigenvalue weighted by atomic mass is 10.1. The lowest BCUT2D eigenvalue weighted by Gasteiger charge is -2.29. The fourth-order valence-corrected chi connectivity index (χ4v) is 4.89. The van der Waals surface area contributed by atoms with E-state index in [4.69, 9.17) is 18.6 Å². The average Bonchev–Trinajstić information content (AvgIpc) is 3.47. The first-order valence-electron chi connectivity index (χ1n) is 10.1. The van der Waals surface area contributed by atoms with Crippen LogP contribution in [0.4, 0.5) is 0 Å². The number of benzene rings is 1. The molecule has 0 bridgehead atoms. The molecule has 0 aliphatic carbocycles. The first kappa shape index (κ1) is 22.9. The zero-order chi connectivity index (χ0) is 22.4. The summed E-state index contributed by atoms with van der Waals surface area (Å²) in [5.41, 5.74) is 1.17. The topological polar surface area (TPSA) is 90.2 Å². The van der Waals surface area contributed by atoms with E-state index in [-0.39, 0.29) is 17.2 Å². The summed E-state index contributed by atoms with van der Waals surface area (Å²) in [5.74, 6) is 1.18. The van der Waals surface area contributed by atoms with Gasteiger partial charge in [0.1, 0.15) is 11.4 Å². The lowest BCUT2D eigenvalue weighted by Crippen LogP contribution is -2.48. The SMILES string of the molecule is CCCCNC(=O)C1CSC(c2ccoc2)N1C(=O)c1cc(OC)c(OC)c(OC)c1. The largest absolute Gasteiger partial charge is 0.493 e. The molecule has 1 aromatic carbocycles. The van der Waals surface area contributed by atoms with Crippen molar-refractivity contribution in [3.8, 4) is 17.2 Å². The minimum Gasteiger partial charge on any atom is -0.493 e. The number of hydrogen-bond acceptors (Lipinski definition) is 7. The number of unbranched alkanes of at least 4 members (excludes halogenated alkanes) is 1. The van der Waals surface area contributed by atoms with Gasteiger partial charge in [0.2, 0.25) is 11.7 Å². The molecular formula is C22H28N2O6S. The third-order valence-corrected chi connectivity index (χ3v) is 6.43. The molecule has 1 aliphatic heterocycles. The van der Waals surface area contributed by atoms with Crippen molar-refractivity contribution in [3.63, 3.8) is 0 Å². The van der Waals surface area contributed by atoms with Crippen LogP contribution in [0.15, 0.2) is 35.1 Å². The summed E-state index contributed by atoms with van der Waals surface area (Å²) in [6.45, 7) is 2.64. The van der Waals surface area contributed by atoms with Gasteiger partial charge in [0, 0.05) is 23.4 Å². The van der Waals surface area contributed by atoms with Crippen LogP contribution in [0.2, 0.25) is 0 Å². The molecule has 1 fully saturated rings. The molecule has 2 unspecified atom stereocenters. The summed E-state index contributed by atoms with van der Waals surface area (Å²) in [5, 5.41) is 2.61. The fourth-order valence-electron chi connectivity index (χ4n) is 3.49. The number of methoxy groups -OCH3 is 3. The van der Waals surface area contributed by atoms with E-state index in [1.165, 1.54) is 33.1 Å². The number of hydrogen-bond donors (Lipinski definition) is 1. The Hall–Kier alpha value is -2.81. The van der Waals surface area contributed by atoms with Crippen molar-refractivity contribution in [1.82, 2.24) is 10.2 Å². The van der Waals surface area contributed by atoms with E-state index in [1.54, 1.807) is 29.6 Å². The van der Waals surface area contributed by atoms with Gasteiger partial charge in [-0.15, -0.1) is 11.8 Å². The highest BCUT2D eigenvalue weighted by atomic mass is 32.2. The number of furan rings is 1. The standard InChI is InChI=1S/C22H28N2O6S/c1-5-6-8-23-20(25)16-13-31-22(14-7-9-30-12-14)24(16)21(26)15-10-17(27-2)19(29-4)18(11-15)28-3/h7,9-12,16,22H,5-6,8,13H2,1-4H3,(H,23,25). The van der Waals surface area contributed by atoms with Crippen LogP contribution >= 0.6 is 11.8 Å². The van der Waals surface area contributed by atoms with Gasteiger partial charge in [-0.1, -0.05) is 13.3 Å². The third-order valence-electron chi connectivity index (χ3n) is 5.11. The Morgan fingerprint density at radius 1 is 1.19 bits per heavy atom. The maximum atomic E-state index is 13.7. The van der Waals surface area contributed by atoms with Gasteiger partial charge in [-0.3, -0.25) is 9.59 Å². The predicted molar refractivity (Wildman–Crippen MR) is 118 cm³/mol. The van der Waals surface area contributed by atoms with Crippen LogP contribution in [0.1, 0.15) is 41.1 Å². The molecule has 1 aromatic heterocycles. The van der Waals surface area contributed by atoms with E-state index in [0.717, 1.165) is 18.4 Å². The van der Waals surface area contributed by atoms with Crippen LogP contribution in [0.3, 0.4) is 0 Å². The highest BCUT2D eigenvalue weighted by Crippen LogP contribution is 2.44. The van der Waals surface area contributed by atoms with Crippen LogP contribution in [-0.4, -0.2) is 56.4 Å². The molecule has 2 aromatic rings. The first-order valence-corrected chi connectivity index (χ1v) is 11.1. The van der Waals surface area contributed by atoms with Crippen molar-refractivity contribution in [2.45, 2.75) is 31.2 Å². The van der Waals surface area contributed by atoms with Crippen molar-refractivity contribution in [2.24, 2.45) is 0 Å². The molecular weight excluding hydrogens is 420 g/mol. The second-order valence-corrected chi connectivity index (χ2v) is 8.14. The molecule has 1 saturated heterocycles. The summed E-state index contributed by atoms with van der Waals surface area (Å²) in [4.78, 5) is 28.2. The minimum atomic E-state index is -0.603. The van der Waals surface area contributed by atoms with Crippen LogP contribution in [-0.2, 0) is 4.79 Å². The maximum absolute atomic E-state index is 13.7. The third kappa shape index (κ3) is 4.76. The molecule has 2 atom stereocenters. The number of nitrogens with one attached hydrogen (secondary N) is 1. The van der Waals surface area contributed by atoms with E-state index in [0.29, 0.717) is 35.1 Å². The average molecular weight is 449 g/mol. The summed E-state index contributed by atoms with van der Waals surface area (Å²) in [7, 11) is 4.50. The summed E-state index contributed by atoms with van der Waals surface area (Å²) in [6, 6.07) is 4.41. The smallest absolute Gasteiger partial charge is 0.256 e. The second-order valence-electron chi connectivity index (χ2n) is 7.03. The van der Waals surface area contributed by atoms with Crippen molar-refractivity contribution in [1.29, 1.82) is 0 Å². The highest BCUT2D eigenvalue weighted by molar-refractivity contribution is 7.99. The van der Waals surface area contributed by atoms with Crippen LogP contribution < -0.4 is 19.5 Å². The molecule has 3 rings (SSSR count). The van der Waals surface area contributed by atoms with Gasteiger partial charge >= 0.3 is 0 Å². The number of carbonyl (C=O) groups excluding carboxylic acids is 2. The van der Waals surface area contributed by atoms with Crippen LogP contribution in [0.5, 0.6) is 17.2 Å². The maximum Gasteiger partial charge on any atom is 0.256 e. The minimum absolute atomic E-state index is 0.160. The van der Waals surface area contributed by atoms with Gasteiger partial charge in [0.25, 0.3) is 5.91 Å². The lowest BCUT2D eigenvalue weighted by molar-refractivity contribution is -0.124. The molecule has 168 valence electrons. The first-order chi connectivity index (χ1) is 15.0. The molecule has 8 nitrogen and oxygen atoms in total. The second kappa shape index (κ2) is 10.5. The fraction of sp³-hybridized carbons (Fsp3) is 0.455. The van der Waals surface area contributed by atoms with E-state index >= 15 is 0 Å². The Morgan fingerprint density at radius 3 is 2.45 bits per heavy atom. The van der Waals surface area contributed by atoms with Gasteiger partial charge in [-0.05, 0) is 24.6 Å². The number of nitrogens with zero attached hydrogens (tertiary/aromatic N) is 1. The predicted octanol–water partition coefficient (Wildman–Crippen LogP) is 3.48. The number of rotatable bonds is 9. The molecule has 31 heavy (non-hydrogen) atoms. The Kier molecular flexibility index (Phi) is 7.73. The zero-order valence-corrected chi connectivity index (χ0v) is 19.0. The van der Waals surface area contributed by atoms with Crippen molar-refractivity contribution < 1.29 is 28.2 Å². The van der Waals surface area contributed by atoms with E-state index in [1.807, 2.05) is 6.07 Å². The zero-order valence-electron chi connectivity index (χ0n) is 18.2. The summed E-state index contributed by atoms with van der Waals surface area (Å²) < 4.78 is 21.4. The van der Waals surface area contributed by atoms with Gasteiger partial charge in [-0.2, -0.15) is 0 Å². The molecule has 2 heterocycles.